The Morgan fingerprint density at radius 2 is 1.71 bits per heavy atom. The van der Waals surface area contributed by atoms with E-state index in [1.165, 1.54) is 23.3 Å². The molecule has 0 spiro atoms. The maximum Gasteiger partial charge on any atom is 0.416 e. The summed E-state index contributed by atoms with van der Waals surface area (Å²) in [7, 11) is 0. The molecule has 0 unspecified atom stereocenters. The molecule has 0 aliphatic rings. The summed E-state index contributed by atoms with van der Waals surface area (Å²) in [6, 6.07) is 14.1. The Labute approximate surface area is 295 Å². The van der Waals surface area contributed by atoms with Crippen molar-refractivity contribution >= 4 is 39.5 Å². The summed E-state index contributed by atoms with van der Waals surface area (Å²) in [6.45, 7) is 9.00. The van der Waals surface area contributed by atoms with E-state index in [4.69, 9.17) is 9.72 Å². The SMILES string of the molecule is Cc1cn(-c2cc(C(=O)Nc3ccc(C)c(-c4cc5c(ccn5-c5ncnc6c5ccn6COC(=O)C(C)(C)C)cn4)c3)cc(C(F)(F)F)c2)cn1. The molecular weight excluding hydrogens is 673 g/mol. The normalized spacial score (nSPS) is 12.1. The highest BCUT2D eigenvalue weighted by Crippen LogP contribution is 2.33. The van der Waals surface area contributed by atoms with Gasteiger partial charge in [0.15, 0.2) is 6.73 Å². The summed E-state index contributed by atoms with van der Waals surface area (Å²) in [6.07, 6.45) is 5.18. The lowest BCUT2D eigenvalue weighted by molar-refractivity contribution is -0.156. The highest BCUT2D eigenvalue weighted by Gasteiger charge is 2.32. The first-order valence-corrected chi connectivity index (χ1v) is 16.3. The largest absolute Gasteiger partial charge is 0.443 e. The highest BCUT2D eigenvalue weighted by atomic mass is 19.4. The Bertz CT molecular complexity index is 2510. The molecule has 0 fully saturated rings. The lowest BCUT2D eigenvalue weighted by Crippen LogP contribution is -2.23. The van der Waals surface area contributed by atoms with Crippen molar-refractivity contribution < 1.29 is 27.5 Å². The van der Waals surface area contributed by atoms with Gasteiger partial charge in [0.1, 0.15) is 17.8 Å². The molecule has 264 valence electrons. The number of aromatic nitrogens is 7. The fourth-order valence-corrected chi connectivity index (χ4v) is 5.79. The van der Waals surface area contributed by atoms with Crippen LogP contribution in [0.25, 0.3) is 44.7 Å². The van der Waals surface area contributed by atoms with Gasteiger partial charge in [-0.2, -0.15) is 13.2 Å². The maximum atomic E-state index is 13.9. The lowest BCUT2D eigenvalue weighted by Gasteiger charge is -2.17. The first-order valence-electron chi connectivity index (χ1n) is 16.3. The number of carbonyl (C=O) groups excluding carboxylic acids is 2. The zero-order valence-corrected chi connectivity index (χ0v) is 28.9. The third kappa shape index (κ3) is 6.62. The number of ether oxygens (including phenoxy) is 1. The van der Waals surface area contributed by atoms with E-state index in [2.05, 4.69) is 20.3 Å². The molecule has 52 heavy (non-hydrogen) atoms. The van der Waals surface area contributed by atoms with E-state index in [1.54, 1.807) is 63.0 Å². The van der Waals surface area contributed by atoms with Crippen molar-refractivity contribution in [2.45, 2.75) is 47.5 Å². The molecule has 0 bridgehead atoms. The number of nitrogens with zero attached hydrogens (tertiary/aromatic N) is 7. The summed E-state index contributed by atoms with van der Waals surface area (Å²) in [5.41, 5.74) is 2.99. The van der Waals surface area contributed by atoms with E-state index in [-0.39, 0.29) is 24.0 Å². The first kappa shape index (κ1) is 34.2. The van der Waals surface area contributed by atoms with Gasteiger partial charge in [-0.15, -0.1) is 0 Å². The summed E-state index contributed by atoms with van der Waals surface area (Å²) in [5.74, 6) is -0.421. The Balaban J connectivity index is 1.20. The number of rotatable bonds is 7. The number of carbonyl (C=O) groups is 2. The Morgan fingerprint density at radius 3 is 2.44 bits per heavy atom. The molecule has 0 atom stereocenters. The van der Waals surface area contributed by atoms with Crippen molar-refractivity contribution in [1.82, 2.24) is 33.6 Å². The van der Waals surface area contributed by atoms with Crippen molar-refractivity contribution in [3.8, 4) is 22.8 Å². The van der Waals surface area contributed by atoms with Crippen LogP contribution in [0.1, 0.15) is 48.0 Å². The minimum atomic E-state index is -4.66. The van der Waals surface area contributed by atoms with Crippen LogP contribution in [0.2, 0.25) is 0 Å². The number of aryl methyl sites for hydroxylation is 2. The predicted molar refractivity (Wildman–Crippen MR) is 189 cm³/mol. The number of esters is 1. The average molecular weight is 707 g/mol. The molecule has 1 N–H and O–H groups in total. The standard InChI is InChI=1S/C38H33F3N8O3/c1-22-6-7-27(46-35(50)25-12-26(38(39,40)41)14-28(13-25)48-18-23(2)45-20-48)15-30(22)31-16-32-24(17-42-31)8-11-49(32)34-29-9-10-47(33(29)43-19-44-34)21-52-36(51)37(3,4)5/h6-20H,21H2,1-5H3,(H,46,50). The van der Waals surface area contributed by atoms with E-state index < -0.39 is 23.1 Å². The fraction of sp³-hybridized carbons (Fsp3) is 0.211. The number of pyridine rings is 1. The molecule has 5 aromatic heterocycles. The minimum Gasteiger partial charge on any atom is -0.443 e. The third-order valence-corrected chi connectivity index (χ3v) is 8.57. The number of nitrogens with one attached hydrogen (secondary N) is 1. The second-order valence-corrected chi connectivity index (χ2v) is 13.5. The molecule has 14 heteroatoms. The van der Waals surface area contributed by atoms with Gasteiger partial charge in [-0.25, -0.2) is 15.0 Å². The van der Waals surface area contributed by atoms with Crippen molar-refractivity contribution in [3.05, 3.63) is 114 Å². The lowest BCUT2D eigenvalue weighted by atomic mass is 9.98. The summed E-state index contributed by atoms with van der Waals surface area (Å²) in [5, 5.41) is 4.35. The molecule has 1 amide bonds. The maximum absolute atomic E-state index is 13.9. The van der Waals surface area contributed by atoms with Gasteiger partial charge in [0.2, 0.25) is 0 Å². The Morgan fingerprint density at radius 1 is 0.904 bits per heavy atom. The summed E-state index contributed by atoms with van der Waals surface area (Å²) in [4.78, 5) is 43.6. The zero-order chi connectivity index (χ0) is 36.9. The summed E-state index contributed by atoms with van der Waals surface area (Å²) < 4.78 is 52.2. The minimum absolute atomic E-state index is 0.00193. The van der Waals surface area contributed by atoms with Crippen LogP contribution in [0, 0.1) is 19.3 Å². The van der Waals surface area contributed by atoms with Gasteiger partial charge in [0.25, 0.3) is 5.91 Å². The van der Waals surface area contributed by atoms with Crippen LogP contribution in [0.4, 0.5) is 18.9 Å². The molecule has 7 rings (SSSR count). The van der Waals surface area contributed by atoms with Crippen LogP contribution in [0.5, 0.6) is 0 Å². The van der Waals surface area contributed by atoms with Gasteiger partial charge >= 0.3 is 12.1 Å². The van der Waals surface area contributed by atoms with Crippen molar-refractivity contribution in [2.75, 3.05) is 5.32 Å². The third-order valence-electron chi connectivity index (χ3n) is 8.57. The number of anilines is 1. The Kier molecular flexibility index (Phi) is 8.40. The quantitative estimate of drug-likeness (QED) is 0.167. The topological polar surface area (TPSA) is 122 Å². The number of benzene rings is 2. The van der Waals surface area contributed by atoms with Crippen molar-refractivity contribution in [2.24, 2.45) is 5.41 Å². The Hall–Kier alpha value is -6.31. The van der Waals surface area contributed by atoms with E-state index in [1.807, 2.05) is 42.0 Å². The van der Waals surface area contributed by atoms with Crippen LogP contribution >= 0.6 is 0 Å². The van der Waals surface area contributed by atoms with E-state index in [9.17, 15) is 22.8 Å². The van der Waals surface area contributed by atoms with Crippen LogP contribution in [0.3, 0.4) is 0 Å². The molecule has 0 saturated carbocycles. The van der Waals surface area contributed by atoms with E-state index in [0.29, 0.717) is 34.1 Å². The van der Waals surface area contributed by atoms with Crippen molar-refractivity contribution in [1.29, 1.82) is 0 Å². The number of hydrogen-bond acceptors (Lipinski definition) is 7. The van der Waals surface area contributed by atoms with Crippen molar-refractivity contribution in [3.63, 3.8) is 0 Å². The monoisotopic (exact) mass is 706 g/mol. The van der Waals surface area contributed by atoms with Gasteiger partial charge in [0.05, 0.1) is 39.6 Å². The summed E-state index contributed by atoms with van der Waals surface area (Å²) >= 11 is 0. The second kappa shape index (κ2) is 12.8. The highest BCUT2D eigenvalue weighted by molar-refractivity contribution is 6.05. The average Bonchev–Trinajstić information content (AvgIpc) is 3.85. The van der Waals surface area contributed by atoms with E-state index in [0.717, 1.165) is 34.0 Å². The fourth-order valence-electron chi connectivity index (χ4n) is 5.79. The zero-order valence-electron chi connectivity index (χ0n) is 28.9. The molecule has 0 radical (unpaired) electrons. The van der Waals surface area contributed by atoms with Crippen LogP contribution < -0.4 is 5.32 Å². The number of alkyl halides is 3. The van der Waals surface area contributed by atoms with Crippen LogP contribution in [-0.4, -0.2) is 45.5 Å². The number of imidazole rings is 1. The molecule has 0 saturated heterocycles. The number of hydrogen-bond donors (Lipinski definition) is 1. The molecule has 5 heterocycles. The number of amides is 1. The van der Waals surface area contributed by atoms with E-state index >= 15 is 0 Å². The number of fused-ring (bicyclic) bond motifs is 2. The predicted octanol–water partition coefficient (Wildman–Crippen LogP) is 8.06. The molecule has 0 aliphatic heterocycles. The van der Waals surface area contributed by atoms with Gasteiger partial charge < -0.3 is 19.2 Å². The van der Waals surface area contributed by atoms with Crippen LogP contribution in [0.15, 0.2) is 92.0 Å². The van der Waals surface area contributed by atoms with Gasteiger partial charge in [-0.05, 0) is 88.7 Å². The van der Waals surface area contributed by atoms with Gasteiger partial charge in [0, 0.05) is 52.7 Å². The van der Waals surface area contributed by atoms with Crippen LogP contribution in [-0.2, 0) is 22.4 Å². The molecule has 7 aromatic rings. The number of halogens is 3. The molecule has 0 aliphatic carbocycles. The first-order chi connectivity index (χ1) is 24.7. The molecule has 2 aromatic carbocycles. The smallest absolute Gasteiger partial charge is 0.416 e. The van der Waals surface area contributed by atoms with Gasteiger partial charge in [-0.3, -0.25) is 19.1 Å². The molecule has 11 nitrogen and oxygen atoms in total. The second-order valence-electron chi connectivity index (χ2n) is 13.5. The molecular formula is C38H33F3N8O3. The van der Waals surface area contributed by atoms with Gasteiger partial charge in [-0.1, -0.05) is 6.07 Å².